The zero-order valence-corrected chi connectivity index (χ0v) is 14.3. The molecule has 1 N–H and O–H groups in total. The molecule has 0 unspecified atom stereocenters. The minimum absolute atomic E-state index is 0.252. The molecular formula is C19H19F3N2O2. The van der Waals surface area contributed by atoms with Gasteiger partial charge in [0.15, 0.2) is 0 Å². The quantitative estimate of drug-likeness (QED) is 0.852. The number of halogens is 3. The van der Waals surface area contributed by atoms with Gasteiger partial charge in [0.1, 0.15) is 5.75 Å². The molecule has 0 atom stereocenters. The highest BCUT2D eigenvalue weighted by atomic mass is 19.4. The van der Waals surface area contributed by atoms with E-state index in [1.807, 2.05) is 25.1 Å². The molecule has 0 bridgehead atoms. The Labute approximate surface area is 149 Å². The highest BCUT2D eigenvalue weighted by Crippen LogP contribution is 2.26. The normalized spacial score (nSPS) is 14.4. The van der Waals surface area contributed by atoms with Crippen molar-refractivity contribution in [2.75, 3.05) is 23.3 Å². The maximum atomic E-state index is 12.3. The van der Waals surface area contributed by atoms with Gasteiger partial charge in [-0.25, -0.2) is 0 Å². The van der Waals surface area contributed by atoms with Crippen molar-refractivity contribution in [1.29, 1.82) is 0 Å². The molecule has 7 heteroatoms. The van der Waals surface area contributed by atoms with Gasteiger partial charge in [0.05, 0.1) is 0 Å². The molecule has 1 aliphatic heterocycles. The molecule has 1 heterocycles. The van der Waals surface area contributed by atoms with Crippen LogP contribution in [0.15, 0.2) is 42.5 Å². The van der Waals surface area contributed by atoms with Gasteiger partial charge in [-0.05, 0) is 67.8 Å². The van der Waals surface area contributed by atoms with Gasteiger partial charge in [-0.3, -0.25) is 4.79 Å². The summed E-state index contributed by atoms with van der Waals surface area (Å²) in [5.74, 6) is -0.749. The van der Waals surface area contributed by atoms with Gasteiger partial charge in [-0.1, -0.05) is 0 Å². The van der Waals surface area contributed by atoms with Crippen LogP contribution in [0.3, 0.4) is 0 Å². The Morgan fingerprint density at radius 3 is 2.31 bits per heavy atom. The first-order chi connectivity index (χ1) is 12.3. The molecule has 3 rings (SSSR count). The van der Waals surface area contributed by atoms with Crippen molar-refractivity contribution >= 4 is 17.3 Å². The number of nitrogens with zero attached hydrogens (tertiary/aromatic N) is 1. The van der Waals surface area contributed by atoms with Crippen molar-refractivity contribution in [2.45, 2.75) is 26.1 Å². The van der Waals surface area contributed by atoms with E-state index in [4.69, 9.17) is 0 Å². The third-order valence-electron chi connectivity index (χ3n) is 4.28. The Morgan fingerprint density at radius 1 is 1.08 bits per heavy atom. The van der Waals surface area contributed by atoms with E-state index >= 15 is 0 Å². The van der Waals surface area contributed by atoms with E-state index < -0.39 is 6.36 Å². The van der Waals surface area contributed by atoms with E-state index in [1.54, 1.807) is 0 Å². The van der Waals surface area contributed by atoms with E-state index in [1.165, 1.54) is 25.0 Å². The van der Waals surface area contributed by atoms with E-state index in [-0.39, 0.29) is 17.2 Å². The molecule has 1 saturated heterocycles. The smallest absolute Gasteiger partial charge is 0.406 e. The molecule has 0 radical (unpaired) electrons. The number of alkyl halides is 3. The summed E-state index contributed by atoms with van der Waals surface area (Å²) in [5, 5.41) is 2.79. The molecular weight excluding hydrogens is 345 g/mol. The summed E-state index contributed by atoms with van der Waals surface area (Å²) in [6, 6.07) is 10.7. The Bertz CT molecular complexity index is 782. The van der Waals surface area contributed by atoms with Gasteiger partial charge in [0.25, 0.3) is 5.91 Å². The lowest BCUT2D eigenvalue weighted by molar-refractivity contribution is -0.274. The number of ether oxygens (including phenoxy) is 1. The van der Waals surface area contributed by atoms with Gasteiger partial charge < -0.3 is 15.0 Å². The standard InChI is InChI=1S/C19H19F3N2O2/c1-13-12-15(24-10-2-3-11-24)6-9-17(13)23-18(25)14-4-7-16(8-5-14)26-19(20,21)22/h4-9,12H,2-3,10-11H2,1H3,(H,23,25). The highest BCUT2D eigenvalue weighted by Gasteiger charge is 2.31. The lowest BCUT2D eigenvalue weighted by atomic mass is 10.1. The second-order valence-electron chi connectivity index (χ2n) is 6.22. The van der Waals surface area contributed by atoms with Crippen LogP contribution in [-0.4, -0.2) is 25.4 Å². The first kappa shape index (κ1) is 18.1. The van der Waals surface area contributed by atoms with E-state index in [0.29, 0.717) is 5.69 Å². The summed E-state index contributed by atoms with van der Waals surface area (Å²) < 4.78 is 40.3. The lowest BCUT2D eigenvalue weighted by Crippen LogP contribution is -2.18. The fourth-order valence-corrected chi connectivity index (χ4v) is 2.96. The summed E-state index contributed by atoms with van der Waals surface area (Å²) in [7, 11) is 0. The minimum atomic E-state index is -4.75. The summed E-state index contributed by atoms with van der Waals surface area (Å²) in [4.78, 5) is 14.6. The molecule has 1 fully saturated rings. The number of carbonyl (C=O) groups is 1. The number of anilines is 2. The van der Waals surface area contributed by atoms with Crippen LogP contribution in [0.25, 0.3) is 0 Å². The third-order valence-corrected chi connectivity index (χ3v) is 4.28. The summed E-state index contributed by atoms with van der Waals surface area (Å²) in [6.07, 6.45) is -2.38. The predicted molar refractivity (Wildman–Crippen MR) is 93.7 cm³/mol. The number of rotatable bonds is 4. The second-order valence-corrected chi connectivity index (χ2v) is 6.22. The van der Waals surface area contributed by atoms with Gasteiger partial charge in [0.2, 0.25) is 0 Å². The highest BCUT2D eigenvalue weighted by molar-refractivity contribution is 6.04. The molecule has 1 aliphatic rings. The van der Waals surface area contributed by atoms with Crippen LogP contribution in [0.1, 0.15) is 28.8 Å². The average Bonchev–Trinajstić information content (AvgIpc) is 3.10. The van der Waals surface area contributed by atoms with Crippen molar-refractivity contribution in [1.82, 2.24) is 0 Å². The molecule has 1 amide bonds. The molecule has 2 aromatic carbocycles. The minimum Gasteiger partial charge on any atom is -0.406 e. The monoisotopic (exact) mass is 364 g/mol. The number of benzene rings is 2. The molecule has 0 spiro atoms. The van der Waals surface area contributed by atoms with Crippen LogP contribution in [0.5, 0.6) is 5.75 Å². The Kier molecular flexibility index (Phi) is 5.06. The van der Waals surface area contributed by atoms with Crippen molar-refractivity contribution < 1.29 is 22.7 Å². The van der Waals surface area contributed by atoms with Gasteiger partial charge >= 0.3 is 6.36 Å². The van der Waals surface area contributed by atoms with Gasteiger partial charge in [-0.15, -0.1) is 13.2 Å². The van der Waals surface area contributed by atoms with Crippen LogP contribution in [-0.2, 0) is 0 Å². The Hall–Kier alpha value is -2.70. The first-order valence-corrected chi connectivity index (χ1v) is 8.34. The predicted octanol–water partition coefficient (Wildman–Crippen LogP) is 4.75. The van der Waals surface area contributed by atoms with Gasteiger partial charge in [0, 0.05) is 30.0 Å². The van der Waals surface area contributed by atoms with Crippen molar-refractivity contribution in [3.05, 3.63) is 53.6 Å². The van der Waals surface area contributed by atoms with E-state index in [9.17, 15) is 18.0 Å². The molecule has 4 nitrogen and oxygen atoms in total. The zero-order chi connectivity index (χ0) is 18.7. The second kappa shape index (κ2) is 7.27. The summed E-state index contributed by atoms with van der Waals surface area (Å²) >= 11 is 0. The maximum absolute atomic E-state index is 12.3. The fourth-order valence-electron chi connectivity index (χ4n) is 2.96. The van der Waals surface area contributed by atoms with Crippen LogP contribution >= 0.6 is 0 Å². The largest absolute Gasteiger partial charge is 0.573 e. The summed E-state index contributed by atoms with van der Waals surface area (Å²) in [6.45, 7) is 3.99. The van der Waals surface area contributed by atoms with Crippen LogP contribution in [0.4, 0.5) is 24.5 Å². The van der Waals surface area contributed by atoms with Gasteiger partial charge in [-0.2, -0.15) is 0 Å². The zero-order valence-electron chi connectivity index (χ0n) is 14.3. The topological polar surface area (TPSA) is 41.6 Å². The Balaban J connectivity index is 1.67. The van der Waals surface area contributed by atoms with Crippen LogP contribution in [0, 0.1) is 6.92 Å². The number of amides is 1. The first-order valence-electron chi connectivity index (χ1n) is 8.34. The number of hydrogen-bond acceptors (Lipinski definition) is 3. The van der Waals surface area contributed by atoms with Crippen molar-refractivity contribution in [3.63, 3.8) is 0 Å². The number of hydrogen-bond donors (Lipinski definition) is 1. The fraction of sp³-hybridized carbons (Fsp3) is 0.316. The molecule has 2 aromatic rings. The van der Waals surface area contributed by atoms with Crippen molar-refractivity contribution in [3.8, 4) is 5.75 Å². The maximum Gasteiger partial charge on any atom is 0.573 e. The molecule has 0 aliphatic carbocycles. The molecule has 0 aromatic heterocycles. The van der Waals surface area contributed by atoms with Crippen LogP contribution < -0.4 is 15.0 Å². The molecule has 26 heavy (non-hydrogen) atoms. The summed E-state index contributed by atoms with van der Waals surface area (Å²) in [5.41, 5.74) is 2.99. The van der Waals surface area contributed by atoms with E-state index in [0.717, 1.165) is 36.5 Å². The molecule has 138 valence electrons. The average molecular weight is 364 g/mol. The lowest BCUT2D eigenvalue weighted by Gasteiger charge is -2.19. The van der Waals surface area contributed by atoms with Crippen molar-refractivity contribution in [2.24, 2.45) is 0 Å². The molecule has 0 saturated carbocycles. The number of aryl methyl sites for hydroxylation is 1. The third kappa shape index (κ3) is 4.47. The Morgan fingerprint density at radius 2 is 1.73 bits per heavy atom. The van der Waals surface area contributed by atoms with E-state index in [2.05, 4.69) is 15.0 Å². The van der Waals surface area contributed by atoms with Crippen LogP contribution in [0.2, 0.25) is 0 Å². The SMILES string of the molecule is Cc1cc(N2CCCC2)ccc1NC(=O)c1ccc(OC(F)(F)F)cc1. The number of carbonyl (C=O) groups excluding carboxylic acids is 1. The number of nitrogens with one attached hydrogen (secondary N) is 1.